The van der Waals surface area contributed by atoms with Gasteiger partial charge in [0.25, 0.3) is 0 Å². The lowest BCUT2D eigenvalue weighted by molar-refractivity contribution is -0.130. The highest BCUT2D eigenvalue weighted by Crippen LogP contribution is 2.36. The summed E-state index contributed by atoms with van der Waals surface area (Å²) < 4.78 is 26.4. The molecule has 0 radical (unpaired) electrons. The van der Waals surface area contributed by atoms with Crippen molar-refractivity contribution in [3.63, 3.8) is 0 Å². The van der Waals surface area contributed by atoms with E-state index in [-0.39, 0.29) is 44.1 Å². The number of hydrogen-bond donors (Lipinski definition) is 2. The number of alkyl halides is 2. The molecule has 138 valence electrons. The molecule has 0 spiro atoms. The molecule has 1 aliphatic carbocycles. The van der Waals surface area contributed by atoms with Gasteiger partial charge in [-0.2, -0.15) is 0 Å². The number of nitrogens with one attached hydrogen (secondary N) is 1. The number of anilines is 1. The summed E-state index contributed by atoms with van der Waals surface area (Å²) in [6.45, 7) is 1.19. The largest absolute Gasteiger partial charge is 0.386 e. The molecule has 1 aromatic rings. The maximum Gasteiger partial charge on any atom is 0.248 e. The highest BCUT2D eigenvalue weighted by atomic mass is 19.3. The van der Waals surface area contributed by atoms with Crippen LogP contribution in [0.3, 0.4) is 0 Å². The van der Waals surface area contributed by atoms with Crippen molar-refractivity contribution in [3.8, 4) is 0 Å². The Kier molecular flexibility index (Phi) is 5.17. The summed E-state index contributed by atoms with van der Waals surface area (Å²) in [4.78, 5) is 22.5. The number of piperidine rings is 1. The van der Waals surface area contributed by atoms with Crippen molar-refractivity contribution in [2.24, 2.45) is 5.92 Å². The van der Waals surface area contributed by atoms with Crippen LogP contribution >= 0.6 is 0 Å². The number of amides is 1. The van der Waals surface area contributed by atoms with E-state index in [1.165, 1.54) is 0 Å². The molecule has 3 rings (SSSR count). The maximum atomic E-state index is 13.2. The first-order valence-corrected chi connectivity index (χ1v) is 8.77. The zero-order valence-electron chi connectivity index (χ0n) is 14.1. The third-order valence-electron chi connectivity index (χ3n) is 5.07. The van der Waals surface area contributed by atoms with Gasteiger partial charge in [0.05, 0.1) is 12.1 Å². The molecule has 1 aromatic heterocycles. The van der Waals surface area contributed by atoms with Gasteiger partial charge in [0.2, 0.25) is 17.8 Å². The number of hydrogen-bond acceptors (Lipinski definition) is 5. The third kappa shape index (κ3) is 4.62. The molecule has 8 heteroatoms. The number of nitrogens with zero attached hydrogens (tertiary/aromatic N) is 3. The Hall–Kier alpha value is -1.83. The van der Waals surface area contributed by atoms with Crippen LogP contribution in [0.2, 0.25) is 0 Å². The van der Waals surface area contributed by atoms with Crippen LogP contribution in [0.5, 0.6) is 0 Å². The zero-order valence-corrected chi connectivity index (χ0v) is 14.1. The topological polar surface area (TPSA) is 78.4 Å². The summed E-state index contributed by atoms with van der Waals surface area (Å²) in [5, 5.41) is 13.6. The summed E-state index contributed by atoms with van der Waals surface area (Å²) >= 11 is 0. The Labute approximate surface area is 145 Å². The van der Waals surface area contributed by atoms with E-state index in [9.17, 15) is 18.7 Å². The molecule has 1 unspecified atom stereocenters. The lowest BCUT2D eigenvalue weighted by atomic mass is 9.86. The van der Waals surface area contributed by atoms with Gasteiger partial charge >= 0.3 is 0 Å². The molecular weight excluding hydrogens is 330 g/mol. The van der Waals surface area contributed by atoms with Gasteiger partial charge in [0.1, 0.15) is 0 Å². The van der Waals surface area contributed by atoms with E-state index in [1.54, 1.807) is 18.5 Å². The first kappa shape index (κ1) is 18.0. The highest BCUT2D eigenvalue weighted by molar-refractivity contribution is 5.78. The molecule has 1 saturated heterocycles. The predicted molar refractivity (Wildman–Crippen MR) is 88.3 cm³/mol. The minimum atomic E-state index is -2.64. The highest BCUT2D eigenvalue weighted by Gasteiger charge is 2.39. The standard InChI is InChI=1S/C17H24F2N4O2/c18-17(19)6-3-13(4-7-17)14(24)22-11-16(25)5-1-10-23(12-16)15-20-8-2-9-21-15/h2,8-9,13,25H,1,3-7,10-12H2,(H,22,24). The van der Waals surface area contributed by atoms with Crippen molar-refractivity contribution in [2.45, 2.75) is 50.0 Å². The van der Waals surface area contributed by atoms with Gasteiger partial charge in [-0.15, -0.1) is 0 Å². The molecular formula is C17H24F2N4O2. The van der Waals surface area contributed by atoms with Crippen molar-refractivity contribution in [2.75, 3.05) is 24.5 Å². The fraction of sp³-hybridized carbons (Fsp3) is 0.706. The molecule has 2 fully saturated rings. The molecule has 2 heterocycles. The molecule has 1 atom stereocenters. The fourth-order valence-electron chi connectivity index (χ4n) is 3.58. The van der Waals surface area contributed by atoms with Crippen LogP contribution in [0.4, 0.5) is 14.7 Å². The molecule has 0 bridgehead atoms. The summed E-state index contributed by atoms with van der Waals surface area (Å²) in [5.74, 6) is -2.71. The predicted octanol–water partition coefficient (Wildman–Crippen LogP) is 1.75. The summed E-state index contributed by atoms with van der Waals surface area (Å²) in [6, 6.07) is 1.73. The smallest absolute Gasteiger partial charge is 0.248 e. The van der Waals surface area contributed by atoms with Crippen molar-refractivity contribution >= 4 is 11.9 Å². The summed E-state index contributed by atoms with van der Waals surface area (Å²) in [7, 11) is 0. The zero-order chi connectivity index (χ0) is 17.9. The number of aromatic nitrogens is 2. The molecule has 2 aliphatic rings. The van der Waals surface area contributed by atoms with E-state index in [0.29, 0.717) is 18.9 Å². The molecule has 1 saturated carbocycles. The Morgan fingerprint density at radius 2 is 1.96 bits per heavy atom. The lowest BCUT2D eigenvalue weighted by Gasteiger charge is -2.39. The molecule has 2 N–H and O–H groups in total. The number of halogens is 2. The number of carbonyl (C=O) groups excluding carboxylic acids is 1. The molecule has 1 aliphatic heterocycles. The van der Waals surface area contributed by atoms with Crippen molar-refractivity contribution in [1.29, 1.82) is 0 Å². The van der Waals surface area contributed by atoms with Crippen LogP contribution in [0.1, 0.15) is 38.5 Å². The van der Waals surface area contributed by atoms with Crippen LogP contribution in [0.25, 0.3) is 0 Å². The van der Waals surface area contributed by atoms with Gasteiger partial charge in [-0.3, -0.25) is 4.79 Å². The van der Waals surface area contributed by atoms with E-state index in [2.05, 4.69) is 15.3 Å². The van der Waals surface area contributed by atoms with E-state index in [1.807, 2.05) is 4.90 Å². The van der Waals surface area contributed by atoms with Crippen LogP contribution in [-0.2, 0) is 4.79 Å². The van der Waals surface area contributed by atoms with Crippen LogP contribution < -0.4 is 10.2 Å². The van der Waals surface area contributed by atoms with Crippen LogP contribution in [-0.4, -0.2) is 52.1 Å². The van der Waals surface area contributed by atoms with Gasteiger partial charge in [0.15, 0.2) is 0 Å². The summed E-state index contributed by atoms with van der Waals surface area (Å²) in [5.41, 5.74) is -1.06. The average Bonchev–Trinajstić information content (AvgIpc) is 2.60. The van der Waals surface area contributed by atoms with E-state index < -0.39 is 11.5 Å². The fourth-order valence-corrected chi connectivity index (χ4v) is 3.58. The lowest BCUT2D eigenvalue weighted by Crippen LogP contribution is -2.55. The number of β-amino-alcohol motifs (C(OH)–C–C–N with tert-alkyl or cyclic N) is 1. The molecule has 0 aromatic carbocycles. The number of carbonyl (C=O) groups is 1. The van der Waals surface area contributed by atoms with E-state index in [0.717, 1.165) is 13.0 Å². The number of aliphatic hydroxyl groups is 1. The van der Waals surface area contributed by atoms with Gasteiger partial charge in [0, 0.05) is 44.2 Å². The van der Waals surface area contributed by atoms with E-state index >= 15 is 0 Å². The normalized spacial score (nSPS) is 27.1. The Bertz CT molecular complexity index is 592. The quantitative estimate of drug-likeness (QED) is 0.861. The second-order valence-electron chi connectivity index (χ2n) is 7.15. The minimum Gasteiger partial charge on any atom is -0.386 e. The second kappa shape index (κ2) is 7.19. The second-order valence-corrected chi connectivity index (χ2v) is 7.15. The minimum absolute atomic E-state index is 0.113. The van der Waals surface area contributed by atoms with Gasteiger partial charge < -0.3 is 15.3 Å². The van der Waals surface area contributed by atoms with Gasteiger partial charge in [-0.1, -0.05) is 0 Å². The average molecular weight is 354 g/mol. The Morgan fingerprint density at radius 3 is 2.64 bits per heavy atom. The molecule has 6 nitrogen and oxygen atoms in total. The van der Waals surface area contributed by atoms with Gasteiger partial charge in [-0.05, 0) is 31.7 Å². The Morgan fingerprint density at radius 1 is 1.28 bits per heavy atom. The van der Waals surface area contributed by atoms with Crippen molar-refractivity contribution < 1.29 is 18.7 Å². The van der Waals surface area contributed by atoms with Crippen molar-refractivity contribution in [3.05, 3.63) is 18.5 Å². The Balaban J connectivity index is 1.52. The summed E-state index contributed by atoms with van der Waals surface area (Å²) in [6.07, 6.45) is 4.54. The van der Waals surface area contributed by atoms with Gasteiger partial charge in [-0.25, -0.2) is 18.7 Å². The van der Waals surface area contributed by atoms with Crippen molar-refractivity contribution in [1.82, 2.24) is 15.3 Å². The first-order chi connectivity index (χ1) is 11.9. The third-order valence-corrected chi connectivity index (χ3v) is 5.07. The number of rotatable bonds is 4. The first-order valence-electron chi connectivity index (χ1n) is 8.77. The van der Waals surface area contributed by atoms with Crippen LogP contribution in [0, 0.1) is 5.92 Å². The maximum absolute atomic E-state index is 13.2. The van der Waals surface area contributed by atoms with E-state index in [4.69, 9.17) is 0 Å². The molecule has 25 heavy (non-hydrogen) atoms. The molecule has 1 amide bonds. The van der Waals surface area contributed by atoms with Crippen LogP contribution in [0.15, 0.2) is 18.5 Å². The SMILES string of the molecule is O=C(NCC1(O)CCCN(c2ncccn2)C1)C1CCC(F)(F)CC1. The monoisotopic (exact) mass is 354 g/mol.